The number of rotatable bonds is 2. The van der Waals surface area contributed by atoms with E-state index in [1.807, 2.05) is 0 Å². The van der Waals surface area contributed by atoms with E-state index in [1.165, 1.54) is 6.20 Å². The first kappa shape index (κ1) is 8.44. The fourth-order valence-corrected chi connectivity index (χ4v) is 1.49. The molecule has 0 atom stereocenters. The summed E-state index contributed by atoms with van der Waals surface area (Å²) in [5.74, 6) is -0.303. The Labute approximate surface area is 76.2 Å². The number of nitrogens with two attached hydrogens (primary N) is 1. The van der Waals surface area contributed by atoms with Gasteiger partial charge in [-0.05, 0) is 18.9 Å². The summed E-state index contributed by atoms with van der Waals surface area (Å²) in [4.78, 5) is 3.67. The van der Waals surface area contributed by atoms with E-state index in [0.717, 1.165) is 12.8 Å². The maximum absolute atomic E-state index is 13.1. The summed E-state index contributed by atoms with van der Waals surface area (Å²) in [5, 5.41) is 3.08. The lowest BCUT2D eigenvalue weighted by Gasteiger charge is -2.33. The molecule has 1 fully saturated rings. The first-order valence-corrected chi connectivity index (χ1v) is 4.37. The number of hydrogen-bond acceptors (Lipinski definition) is 3. The monoisotopic (exact) mass is 181 g/mol. The van der Waals surface area contributed by atoms with Crippen LogP contribution in [0.15, 0.2) is 18.5 Å². The van der Waals surface area contributed by atoms with Gasteiger partial charge in [0.2, 0.25) is 0 Å². The maximum Gasteiger partial charge on any atom is 0.164 e. The van der Waals surface area contributed by atoms with E-state index in [2.05, 4.69) is 10.3 Å². The minimum atomic E-state index is -0.303. The van der Waals surface area contributed by atoms with Crippen LogP contribution in [-0.4, -0.2) is 17.1 Å². The van der Waals surface area contributed by atoms with Crippen molar-refractivity contribution in [3.8, 4) is 0 Å². The van der Waals surface area contributed by atoms with Crippen molar-refractivity contribution >= 4 is 5.69 Å². The fraction of sp³-hybridized carbons (Fsp3) is 0.444. The van der Waals surface area contributed by atoms with E-state index in [-0.39, 0.29) is 11.9 Å². The Balaban J connectivity index is 1.98. The molecular weight excluding hydrogens is 169 g/mol. The van der Waals surface area contributed by atoms with Gasteiger partial charge in [-0.1, -0.05) is 0 Å². The Morgan fingerprint density at radius 3 is 2.92 bits per heavy atom. The SMILES string of the molecule is NC1CC(Nc2ccncc2F)C1. The number of halogens is 1. The lowest BCUT2D eigenvalue weighted by Crippen LogP contribution is -2.44. The highest BCUT2D eigenvalue weighted by Gasteiger charge is 2.25. The van der Waals surface area contributed by atoms with Gasteiger partial charge in [-0.15, -0.1) is 0 Å². The maximum atomic E-state index is 13.1. The molecule has 1 heterocycles. The number of pyridine rings is 1. The second-order valence-electron chi connectivity index (χ2n) is 3.43. The highest BCUT2D eigenvalue weighted by Crippen LogP contribution is 2.23. The summed E-state index contributed by atoms with van der Waals surface area (Å²) in [6, 6.07) is 2.24. The van der Waals surface area contributed by atoms with Gasteiger partial charge in [0.25, 0.3) is 0 Å². The predicted molar refractivity (Wildman–Crippen MR) is 48.8 cm³/mol. The number of hydrogen-bond donors (Lipinski definition) is 2. The van der Waals surface area contributed by atoms with E-state index >= 15 is 0 Å². The van der Waals surface area contributed by atoms with Gasteiger partial charge >= 0.3 is 0 Å². The third-order valence-electron chi connectivity index (χ3n) is 2.31. The van der Waals surface area contributed by atoms with Crippen molar-refractivity contribution < 1.29 is 4.39 Å². The zero-order valence-electron chi connectivity index (χ0n) is 7.20. The average molecular weight is 181 g/mol. The van der Waals surface area contributed by atoms with Gasteiger partial charge in [0, 0.05) is 18.3 Å². The molecule has 0 amide bonds. The highest BCUT2D eigenvalue weighted by atomic mass is 19.1. The van der Waals surface area contributed by atoms with Crippen molar-refractivity contribution in [1.29, 1.82) is 0 Å². The molecule has 0 aliphatic heterocycles. The van der Waals surface area contributed by atoms with Crippen LogP contribution in [-0.2, 0) is 0 Å². The summed E-state index contributed by atoms with van der Waals surface area (Å²) in [7, 11) is 0. The molecular formula is C9H12FN3. The molecule has 0 saturated heterocycles. The van der Waals surface area contributed by atoms with Gasteiger partial charge in [0.1, 0.15) is 0 Å². The van der Waals surface area contributed by atoms with Crippen molar-refractivity contribution in [1.82, 2.24) is 4.98 Å². The Morgan fingerprint density at radius 1 is 1.54 bits per heavy atom. The number of nitrogens with one attached hydrogen (secondary N) is 1. The van der Waals surface area contributed by atoms with E-state index in [1.54, 1.807) is 12.3 Å². The molecule has 0 unspecified atom stereocenters. The van der Waals surface area contributed by atoms with Gasteiger partial charge in [0.15, 0.2) is 5.82 Å². The van der Waals surface area contributed by atoms with Crippen molar-refractivity contribution in [2.24, 2.45) is 5.73 Å². The van der Waals surface area contributed by atoms with Gasteiger partial charge in [-0.3, -0.25) is 4.98 Å². The molecule has 0 bridgehead atoms. The van der Waals surface area contributed by atoms with Gasteiger partial charge in [-0.25, -0.2) is 4.39 Å². The summed E-state index contributed by atoms with van der Waals surface area (Å²) in [5.41, 5.74) is 6.13. The number of anilines is 1. The van der Waals surface area contributed by atoms with Crippen LogP contribution in [0.1, 0.15) is 12.8 Å². The second kappa shape index (κ2) is 3.30. The zero-order chi connectivity index (χ0) is 9.26. The van der Waals surface area contributed by atoms with Crippen LogP contribution in [0.4, 0.5) is 10.1 Å². The molecule has 1 aliphatic carbocycles. The quantitative estimate of drug-likeness (QED) is 0.718. The minimum absolute atomic E-state index is 0.280. The van der Waals surface area contributed by atoms with E-state index in [9.17, 15) is 4.39 Å². The van der Waals surface area contributed by atoms with Crippen LogP contribution in [0, 0.1) is 5.82 Å². The van der Waals surface area contributed by atoms with E-state index < -0.39 is 0 Å². The molecule has 0 spiro atoms. The van der Waals surface area contributed by atoms with Crippen molar-refractivity contribution in [3.63, 3.8) is 0 Å². The number of nitrogens with zero attached hydrogens (tertiary/aromatic N) is 1. The first-order valence-electron chi connectivity index (χ1n) is 4.37. The van der Waals surface area contributed by atoms with Gasteiger partial charge in [0.05, 0.1) is 11.9 Å². The Morgan fingerprint density at radius 2 is 2.31 bits per heavy atom. The smallest absolute Gasteiger partial charge is 0.164 e. The zero-order valence-corrected chi connectivity index (χ0v) is 7.20. The molecule has 13 heavy (non-hydrogen) atoms. The van der Waals surface area contributed by atoms with Crippen LogP contribution in [0.3, 0.4) is 0 Å². The summed E-state index contributed by atoms with van der Waals surface area (Å²) in [6.45, 7) is 0. The average Bonchev–Trinajstić information content (AvgIpc) is 2.06. The van der Waals surface area contributed by atoms with Gasteiger partial charge in [-0.2, -0.15) is 0 Å². The standard InChI is InChI=1S/C9H12FN3/c10-8-5-12-2-1-9(8)13-7-3-6(11)4-7/h1-2,5-7H,3-4,11H2,(H,12,13). The third-order valence-corrected chi connectivity index (χ3v) is 2.31. The summed E-state index contributed by atoms with van der Waals surface area (Å²) in [6.07, 6.45) is 4.62. The fourth-order valence-electron chi connectivity index (χ4n) is 1.49. The lowest BCUT2D eigenvalue weighted by atomic mass is 9.87. The predicted octanol–water partition coefficient (Wildman–Crippen LogP) is 1.12. The molecule has 4 heteroatoms. The normalized spacial score (nSPS) is 26.6. The van der Waals surface area contributed by atoms with Crippen LogP contribution >= 0.6 is 0 Å². The lowest BCUT2D eigenvalue weighted by molar-refractivity contribution is 0.372. The Hall–Kier alpha value is -1.16. The van der Waals surface area contributed by atoms with Crippen LogP contribution in [0.5, 0.6) is 0 Å². The van der Waals surface area contributed by atoms with Gasteiger partial charge < -0.3 is 11.1 Å². The Bertz CT molecular complexity index is 297. The molecule has 0 radical (unpaired) electrons. The molecule has 0 aromatic carbocycles. The molecule has 3 nitrogen and oxygen atoms in total. The van der Waals surface area contributed by atoms with Crippen molar-refractivity contribution in [2.75, 3.05) is 5.32 Å². The molecule has 1 aliphatic rings. The molecule has 70 valence electrons. The second-order valence-corrected chi connectivity index (χ2v) is 3.43. The largest absolute Gasteiger partial charge is 0.380 e. The molecule has 3 N–H and O–H groups in total. The van der Waals surface area contributed by atoms with Crippen LogP contribution in [0.2, 0.25) is 0 Å². The molecule has 1 saturated carbocycles. The Kier molecular flexibility index (Phi) is 2.14. The van der Waals surface area contributed by atoms with E-state index in [4.69, 9.17) is 5.73 Å². The van der Waals surface area contributed by atoms with Crippen molar-refractivity contribution in [2.45, 2.75) is 24.9 Å². The van der Waals surface area contributed by atoms with E-state index in [0.29, 0.717) is 11.7 Å². The van der Waals surface area contributed by atoms with Crippen LogP contribution in [0.25, 0.3) is 0 Å². The highest BCUT2D eigenvalue weighted by molar-refractivity contribution is 5.44. The number of aromatic nitrogens is 1. The molecule has 1 aromatic heterocycles. The third kappa shape index (κ3) is 1.78. The topological polar surface area (TPSA) is 50.9 Å². The molecule has 2 rings (SSSR count). The summed E-state index contributed by atoms with van der Waals surface area (Å²) >= 11 is 0. The van der Waals surface area contributed by atoms with Crippen molar-refractivity contribution in [3.05, 3.63) is 24.3 Å². The first-order chi connectivity index (χ1) is 6.25. The molecule has 1 aromatic rings. The van der Waals surface area contributed by atoms with Crippen LogP contribution < -0.4 is 11.1 Å². The minimum Gasteiger partial charge on any atom is -0.380 e. The summed E-state index contributed by atoms with van der Waals surface area (Å²) < 4.78 is 13.1.